The van der Waals surface area contributed by atoms with Gasteiger partial charge in [0.2, 0.25) is 0 Å². The van der Waals surface area contributed by atoms with Crippen LogP contribution < -0.4 is 0 Å². The van der Waals surface area contributed by atoms with Gasteiger partial charge in [-0.15, -0.1) is 0 Å². The summed E-state index contributed by atoms with van der Waals surface area (Å²) in [6, 6.07) is 3.58. The number of carbonyl (C=O) groups excluding carboxylic acids is 1. The molecule has 5 heteroatoms. The van der Waals surface area contributed by atoms with Gasteiger partial charge >= 0.3 is 11.9 Å². The number of carboxylic acid groups (broad SMARTS) is 1. The summed E-state index contributed by atoms with van der Waals surface area (Å²) in [5, 5.41) is 9.85. The molecule has 0 aliphatic rings. The zero-order valence-corrected chi connectivity index (χ0v) is 32.6. The number of carbonyl (C=O) groups is 2. The molecule has 0 aromatic rings. The molecule has 272 valence electrons. The standard InChI is InChI=1S/C41H80O4Si/c1-5-9-13-17-21-22-23-24-25-29-33-45-41(44)39(37-40(42)43)38-46(34-30-26-18-14-10-6-2,35-31-27-19-15-11-7-3)36-32-28-20-16-12-8-4/h38H,5-37H2,1-4H3,(H,42,43). The lowest BCUT2D eigenvalue weighted by Gasteiger charge is -2.30. The van der Waals surface area contributed by atoms with Gasteiger partial charge < -0.3 is 9.84 Å². The van der Waals surface area contributed by atoms with Crippen molar-refractivity contribution in [1.29, 1.82) is 0 Å². The highest BCUT2D eigenvalue weighted by Gasteiger charge is 2.32. The lowest BCUT2D eigenvalue weighted by molar-refractivity contribution is -0.142. The highest BCUT2D eigenvalue weighted by atomic mass is 28.3. The van der Waals surface area contributed by atoms with Crippen molar-refractivity contribution < 1.29 is 19.4 Å². The number of aliphatic carboxylic acids is 1. The van der Waals surface area contributed by atoms with Crippen LogP contribution in [0.1, 0.15) is 214 Å². The third-order valence-corrected chi connectivity index (χ3v) is 14.9. The second kappa shape index (κ2) is 33.8. The number of ether oxygens (including phenoxy) is 1. The van der Waals surface area contributed by atoms with Crippen LogP contribution in [0.3, 0.4) is 0 Å². The molecule has 0 saturated carbocycles. The summed E-state index contributed by atoms with van der Waals surface area (Å²) in [6.07, 6.45) is 35.1. The first-order valence-electron chi connectivity index (χ1n) is 20.5. The fourth-order valence-electron chi connectivity index (χ4n) is 6.93. The van der Waals surface area contributed by atoms with E-state index in [0.717, 1.165) is 12.8 Å². The highest BCUT2D eigenvalue weighted by molar-refractivity contribution is 6.84. The summed E-state index contributed by atoms with van der Waals surface area (Å²) in [5.74, 6) is -1.27. The zero-order chi connectivity index (χ0) is 34.0. The Balaban J connectivity index is 5.50. The summed E-state index contributed by atoms with van der Waals surface area (Å²) in [7, 11) is -2.00. The second-order valence-electron chi connectivity index (χ2n) is 14.5. The molecule has 0 bridgehead atoms. The van der Waals surface area contributed by atoms with Crippen LogP contribution in [0.4, 0.5) is 0 Å². The first-order chi connectivity index (χ1) is 22.4. The Morgan fingerprint density at radius 2 is 0.783 bits per heavy atom. The molecule has 0 rings (SSSR count). The van der Waals surface area contributed by atoms with Crippen LogP contribution in [0, 0.1) is 0 Å². The van der Waals surface area contributed by atoms with Crippen molar-refractivity contribution >= 4 is 20.0 Å². The molecule has 46 heavy (non-hydrogen) atoms. The SMILES string of the molecule is CCCCCCCCCCCCOC(=O)C(=C[Si](CCCCCCCC)(CCCCCCCC)CCCCCCCC)CC(=O)O. The average Bonchev–Trinajstić information content (AvgIpc) is 3.04. The first kappa shape index (κ1) is 44.9. The monoisotopic (exact) mass is 665 g/mol. The molecule has 0 saturated heterocycles. The molecule has 0 aliphatic carbocycles. The molecule has 0 atom stereocenters. The fraction of sp³-hybridized carbons (Fsp3) is 0.902. The Morgan fingerprint density at radius 1 is 0.478 bits per heavy atom. The third-order valence-electron chi connectivity index (χ3n) is 9.90. The van der Waals surface area contributed by atoms with E-state index in [1.54, 1.807) is 0 Å². The zero-order valence-electron chi connectivity index (χ0n) is 31.6. The van der Waals surface area contributed by atoms with E-state index in [0.29, 0.717) is 12.2 Å². The summed E-state index contributed by atoms with van der Waals surface area (Å²) in [5.41, 5.74) is 2.72. The average molecular weight is 665 g/mol. The molecular weight excluding hydrogens is 585 g/mol. The minimum atomic E-state index is -2.00. The lowest BCUT2D eigenvalue weighted by atomic mass is 10.1. The van der Waals surface area contributed by atoms with Crippen LogP contribution in [-0.4, -0.2) is 31.7 Å². The summed E-state index contributed by atoms with van der Waals surface area (Å²) in [6.45, 7) is 9.47. The maximum Gasteiger partial charge on any atom is 0.333 e. The minimum absolute atomic E-state index is 0.199. The van der Waals surface area contributed by atoms with E-state index < -0.39 is 14.0 Å². The maximum atomic E-state index is 13.4. The van der Waals surface area contributed by atoms with Gasteiger partial charge in [0.15, 0.2) is 0 Å². The van der Waals surface area contributed by atoms with Gasteiger partial charge in [-0.1, -0.05) is 225 Å². The summed E-state index contributed by atoms with van der Waals surface area (Å²) >= 11 is 0. The van der Waals surface area contributed by atoms with E-state index >= 15 is 0 Å². The van der Waals surface area contributed by atoms with Crippen molar-refractivity contribution in [3.8, 4) is 0 Å². The quantitative estimate of drug-likeness (QED) is 0.0313. The molecule has 0 unspecified atom stereocenters. The molecule has 4 nitrogen and oxygen atoms in total. The van der Waals surface area contributed by atoms with E-state index in [4.69, 9.17) is 4.74 Å². The molecule has 0 spiro atoms. The van der Waals surface area contributed by atoms with E-state index in [1.165, 1.54) is 185 Å². The number of carboxylic acids is 1. The molecular formula is C41H80O4Si. The summed E-state index contributed by atoms with van der Waals surface area (Å²) < 4.78 is 5.78. The third kappa shape index (κ3) is 28.0. The molecule has 1 N–H and O–H groups in total. The van der Waals surface area contributed by atoms with Crippen LogP contribution in [0.5, 0.6) is 0 Å². The Morgan fingerprint density at radius 3 is 1.11 bits per heavy atom. The Hall–Kier alpha value is -1.10. The van der Waals surface area contributed by atoms with Gasteiger partial charge in [-0.25, -0.2) is 4.79 Å². The molecule has 0 aromatic heterocycles. The molecule has 0 aliphatic heterocycles. The van der Waals surface area contributed by atoms with Crippen LogP contribution in [-0.2, 0) is 14.3 Å². The predicted octanol–water partition coefficient (Wildman–Crippen LogP) is 13.9. The Bertz CT molecular complexity index is 678. The predicted molar refractivity (Wildman–Crippen MR) is 203 cm³/mol. The highest BCUT2D eigenvalue weighted by Crippen LogP contribution is 2.33. The Kier molecular flexibility index (Phi) is 33.0. The van der Waals surface area contributed by atoms with Gasteiger partial charge in [-0.2, -0.15) is 0 Å². The van der Waals surface area contributed by atoms with E-state index in [9.17, 15) is 14.7 Å². The lowest BCUT2D eigenvalue weighted by Crippen LogP contribution is -2.34. The molecule has 0 heterocycles. The van der Waals surface area contributed by atoms with Gasteiger partial charge in [0, 0.05) is 5.57 Å². The van der Waals surface area contributed by atoms with Gasteiger partial charge in [-0.05, 0) is 6.42 Å². The fourth-order valence-corrected chi connectivity index (χ4v) is 11.9. The van der Waals surface area contributed by atoms with Crippen LogP contribution in [0.15, 0.2) is 11.3 Å². The maximum absolute atomic E-state index is 13.4. The van der Waals surface area contributed by atoms with Crippen molar-refractivity contribution in [1.82, 2.24) is 0 Å². The van der Waals surface area contributed by atoms with E-state index in [-0.39, 0.29) is 12.4 Å². The van der Waals surface area contributed by atoms with Gasteiger partial charge in [0.05, 0.1) is 21.1 Å². The first-order valence-corrected chi connectivity index (χ1v) is 23.2. The normalized spacial score (nSPS) is 12.1. The number of unbranched alkanes of at least 4 members (excludes halogenated alkanes) is 24. The topological polar surface area (TPSA) is 63.6 Å². The van der Waals surface area contributed by atoms with Crippen molar-refractivity contribution in [2.24, 2.45) is 0 Å². The Labute approximate surface area is 288 Å². The van der Waals surface area contributed by atoms with E-state index in [2.05, 4.69) is 33.4 Å². The number of rotatable bonds is 36. The van der Waals surface area contributed by atoms with Crippen LogP contribution >= 0.6 is 0 Å². The molecule has 0 fully saturated rings. The number of esters is 1. The largest absolute Gasteiger partial charge is 0.481 e. The molecule has 0 aromatic carbocycles. The number of hydrogen-bond acceptors (Lipinski definition) is 3. The van der Waals surface area contributed by atoms with Crippen molar-refractivity contribution in [2.45, 2.75) is 232 Å². The smallest absolute Gasteiger partial charge is 0.333 e. The van der Waals surface area contributed by atoms with E-state index in [1.807, 2.05) is 0 Å². The van der Waals surface area contributed by atoms with Crippen molar-refractivity contribution in [3.63, 3.8) is 0 Å². The van der Waals surface area contributed by atoms with Crippen LogP contribution in [0.2, 0.25) is 18.1 Å². The van der Waals surface area contributed by atoms with Gasteiger partial charge in [0.25, 0.3) is 0 Å². The number of hydrogen-bond donors (Lipinski definition) is 1. The minimum Gasteiger partial charge on any atom is -0.481 e. The summed E-state index contributed by atoms with van der Waals surface area (Å²) in [4.78, 5) is 25.4. The van der Waals surface area contributed by atoms with Gasteiger partial charge in [-0.3, -0.25) is 4.79 Å². The van der Waals surface area contributed by atoms with Crippen molar-refractivity contribution in [3.05, 3.63) is 11.3 Å². The van der Waals surface area contributed by atoms with Crippen molar-refractivity contribution in [2.75, 3.05) is 6.61 Å². The second-order valence-corrected chi connectivity index (χ2v) is 19.0. The van der Waals surface area contributed by atoms with Gasteiger partial charge in [0.1, 0.15) is 0 Å². The molecule has 0 radical (unpaired) electrons. The van der Waals surface area contributed by atoms with Crippen LogP contribution in [0.25, 0.3) is 0 Å². The molecule has 0 amide bonds.